The summed E-state index contributed by atoms with van der Waals surface area (Å²) >= 11 is 0. The number of H-pyrrole nitrogens is 1. The van der Waals surface area contributed by atoms with E-state index in [1.165, 1.54) is 50.3 Å². The van der Waals surface area contributed by atoms with Gasteiger partial charge in [-0.2, -0.15) is 0 Å². The summed E-state index contributed by atoms with van der Waals surface area (Å²) in [5, 5.41) is 9.12. The lowest BCUT2D eigenvalue weighted by Gasteiger charge is -2.31. The van der Waals surface area contributed by atoms with E-state index in [0.29, 0.717) is 5.92 Å². The van der Waals surface area contributed by atoms with E-state index in [-0.39, 0.29) is 0 Å². The Morgan fingerprint density at radius 3 is 2.38 bits per heavy atom. The first kappa shape index (κ1) is 17.7. The quantitative estimate of drug-likeness (QED) is 0.889. The molecule has 0 amide bonds. The monoisotopic (exact) mass is 357 g/mol. The van der Waals surface area contributed by atoms with Crippen molar-refractivity contribution in [2.45, 2.75) is 57.5 Å². The van der Waals surface area contributed by atoms with Crippen molar-refractivity contribution in [3.8, 4) is 0 Å². The molecule has 0 aliphatic carbocycles. The zero-order valence-electron chi connectivity index (χ0n) is 15.9. The third-order valence-corrected chi connectivity index (χ3v) is 5.96. The molecule has 0 radical (unpaired) electrons. The lowest BCUT2D eigenvalue weighted by molar-refractivity contribution is 0.198. The van der Waals surface area contributed by atoms with Crippen molar-refractivity contribution < 1.29 is 0 Å². The van der Waals surface area contributed by atoms with E-state index in [0.717, 1.165) is 44.8 Å². The minimum Gasteiger partial charge on any atom is -0.347 e. The Labute approximate surface area is 155 Å². The number of hydrogen-bond acceptors (Lipinski definition) is 5. The predicted octanol–water partition coefficient (Wildman–Crippen LogP) is 2.29. The second-order valence-corrected chi connectivity index (χ2v) is 7.85. The Hall–Kier alpha value is -1.73. The van der Waals surface area contributed by atoms with Crippen LogP contribution in [0.2, 0.25) is 0 Å². The maximum Gasteiger partial charge on any atom is 0.146 e. The zero-order chi connectivity index (χ0) is 17.8. The van der Waals surface area contributed by atoms with Crippen molar-refractivity contribution in [2.75, 3.05) is 26.2 Å². The first-order chi connectivity index (χ1) is 12.8. The minimum absolute atomic E-state index is 0.531. The van der Waals surface area contributed by atoms with Gasteiger partial charge in [-0.15, -0.1) is 10.2 Å². The van der Waals surface area contributed by atoms with Crippen LogP contribution in [0, 0.1) is 0 Å². The second kappa shape index (κ2) is 8.31. The van der Waals surface area contributed by atoms with Gasteiger partial charge in [-0.05, 0) is 51.9 Å². The van der Waals surface area contributed by atoms with Gasteiger partial charge in [-0.25, -0.2) is 4.98 Å². The molecule has 26 heavy (non-hydrogen) atoms. The minimum atomic E-state index is 0.531. The van der Waals surface area contributed by atoms with Crippen LogP contribution in [0.25, 0.3) is 0 Å². The molecule has 2 aliphatic rings. The molecule has 7 nitrogen and oxygen atoms in total. The fourth-order valence-corrected chi connectivity index (χ4v) is 4.32. The molecular weight excluding hydrogens is 326 g/mol. The molecule has 4 heterocycles. The van der Waals surface area contributed by atoms with E-state index in [1.54, 1.807) is 6.33 Å². The van der Waals surface area contributed by atoms with Gasteiger partial charge in [0.1, 0.15) is 11.6 Å². The van der Waals surface area contributed by atoms with Crippen LogP contribution in [-0.4, -0.2) is 60.7 Å². The van der Waals surface area contributed by atoms with Crippen molar-refractivity contribution in [1.82, 2.24) is 34.5 Å². The Bertz CT molecular complexity index is 662. The van der Waals surface area contributed by atoms with E-state index < -0.39 is 0 Å². The van der Waals surface area contributed by atoms with Crippen LogP contribution in [-0.2, 0) is 20.1 Å². The topological polar surface area (TPSA) is 65.9 Å². The number of nitrogens with one attached hydrogen (secondary N) is 1. The van der Waals surface area contributed by atoms with E-state index >= 15 is 0 Å². The van der Waals surface area contributed by atoms with Crippen LogP contribution < -0.4 is 0 Å². The number of imidazole rings is 1. The molecule has 4 rings (SSSR count). The van der Waals surface area contributed by atoms with Crippen LogP contribution in [0.4, 0.5) is 0 Å². The van der Waals surface area contributed by atoms with Crippen molar-refractivity contribution in [3.05, 3.63) is 29.9 Å². The van der Waals surface area contributed by atoms with Gasteiger partial charge in [-0.1, -0.05) is 12.8 Å². The van der Waals surface area contributed by atoms with Gasteiger partial charge in [0, 0.05) is 31.4 Å². The highest BCUT2D eigenvalue weighted by atomic mass is 15.3. The molecule has 2 aliphatic heterocycles. The molecule has 7 heteroatoms. The van der Waals surface area contributed by atoms with Gasteiger partial charge in [0.2, 0.25) is 0 Å². The molecule has 2 aromatic heterocycles. The number of likely N-dealkylation sites (tertiary alicyclic amines) is 2. The third-order valence-electron chi connectivity index (χ3n) is 5.96. The van der Waals surface area contributed by atoms with Crippen LogP contribution in [0.5, 0.6) is 0 Å². The molecule has 2 aromatic rings. The van der Waals surface area contributed by atoms with Crippen LogP contribution in [0.15, 0.2) is 12.5 Å². The molecule has 0 atom stereocenters. The summed E-state index contributed by atoms with van der Waals surface area (Å²) in [4.78, 5) is 12.4. The first-order valence-corrected chi connectivity index (χ1v) is 10.1. The maximum absolute atomic E-state index is 4.58. The Balaban J connectivity index is 1.33. The molecule has 0 saturated carbocycles. The maximum atomic E-state index is 4.58. The number of hydrogen-bond donors (Lipinski definition) is 1. The number of nitrogens with zero attached hydrogens (tertiary/aromatic N) is 6. The highest BCUT2D eigenvalue weighted by Gasteiger charge is 2.25. The lowest BCUT2D eigenvalue weighted by Crippen LogP contribution is -2.33. The van der Waals surface area contributed by atoms with E-state index in [9.17, 15) is 0 Å². The summed E-state index contributed by atoms with van der Waals surface area (Å²) in [5.41, 5.74) is 1.20. The van der Waals surface area contributed by atoms with Gasteiger partial charge in [-0.3, -0.25) is 9.80 Å². The van der Waals surface area contributed by atoms with Crippen LogP contribution >= 0.6 is 0 Å². The number of aromatic nitrogens is 5. The number of piperidine rings is 1. The molecular formula is C19H31N7. The fourth-order valence-electron chi connectivity index (χ4n) is 4.32. The Morgan fingerprint density at radius 1 is 0.962 bits per heavy atom. The molecule has 142 valence electrons. The average molecular weight is 358 g/mol. The Morgan fingerprint density at radius 2 is 1.69 bits per heavy atom. The summed E-state index contributed by atoms with van der Waals surface area (Å²) in [6.45, 7) is 6.53. The lowest BCUT2D eigenvalue weighted by atomic mass is 9.96. The molecule has 1 N–H and O–H groups in total. The van der Waals surface area contributed by atoms with Crippen LogP contribution in [0.1, 0.15) is 61.8 Å². The normalized spacial score (nSPS) is 21.1. The van der Waals surface area contributed by atoms with Gasteiger partial charge >= 0.3 is 0 Å². The zero-order valence-corrected chi connectivity index (χ0v) is 15.9. The summed E-state index contributed by atoms with van der Waals surface area (Å²) in [6, 6.07) is 0. The van der Waals surface area contributed by atoms with Crippen molar-refractivity contribution >= 4 is 0 Å². The summed E-state index contributed by atoms with van der Waals surface area (Å²) in [6.07, 6.45) is 11.4. The standard InChI is InChI=1S/C19H31N7/c1-24-18(14-25-8-4-2-3-5-9-25)22-23-19(24)16-6-10-26(11-7-16)13-17-12-20-15-21-17/h12,15-16H,2-11,13-14H2,1H3,(H,20,21). The number of rotatable bonds is 5. The highest BCUT2D eigenvalue weighted by molar-refractivity contribution is 5.04. The van der Waals surface area contributed by atoms with E-state index in [2.05, 4.69) is 41.6 Å². The first-order valence-electron chi connectivity index (χ1n) is 10.1. The molecule has 2 saturated heterocycles. The van der Waals surface area contributed by atoms with Gasteiger partial charge in [0.25, 0.3) is 0 Å². The second-order valence-electron chi connectivity index (χ2n) is 7.85. The average Bonchev–Trinajstić information content (AvgIpc) is 3.20. The molecule has 0 unspecified atom stereocenters. The van der Waals surface area contributed by atoms with Gasteiger partial charge in [0.15, 0.2) is 0 Å². The van der Waals surface area contributed by atoms with Gasteiger partial charge in [0.05, 0.1) is 12.9 Å². The summed E-state index contributed by atoms with van der Waals surface area (Å²) in [7, 11) is 2.15. The fraction of sp³-hybridized carbons (Fsp3) is 0.737. The molecule has 2 fully saturated rings. The van der Waals surface area contributed by atoms with Crippen molar-refractivity contribution in [1.29, 1.82) is 0 Å². The van der Waals surface area contributed by atoms with E-state index in [4.69, 9.17) is 0 Å². The Kier molecular flexibility index (Phi) is 5.65. The predicted molar refractivity (Wildman–Crippen MR) is 101 cm³/mol. The van der Waals surface area contributed by atoms with E-state index in [1.807, 2.05) is 6.20 Å². The molecule has 0 bridgehead atoms. The number of aromatic amines is 1. The molecule has 0 aromatic carbocycles. The smallest absolute Gasteiger partial charge is 0.146 e. The van der Waals surface area contributed by atoms with Crippen molar-refractivity contribution in [3.63, 3.8) is 0 Å². The molecule has 0 spiro atoms. The van der Waals surface area contributed by atoms with Crippen LogP contribution in [0.3, 0.4) is 0 Å². The largest absolute Gasteiger partial charge is 0.347 e. The van der Waals surface area contributed by atoms with Gasteiger partial charge < -0.3 is 9.55 Å². The SMILES string of the molecule is Cn1c(CN2CCCCCC2)nnc1C1CCN(Cc2cnc[nH]2)CC1. The van der Waals surface area contributed by atoms with Crippen molar-refractivity contribution in [2.24, 2.45) is 7.05 Å². The summed E-state index contributed by atoms with van der Waals surface area (Å²) < 4.78 is 2.26. The highest BCUT2D eigenvalue weighted by Crippen LogP contribution is 2.27. The summed E-state index contributed by atoms with van der Waals surface area (Å²) in [5.74, 6) is 2.83. The third kappa shape index (κ3) is 4.15.